The third-order valence-corrected chi connectivity index (χ3v) is 12.0. The number of sulfonamides is 1. The van der Waals surface area contributed by atoms with Crippen molar-refractivity contribution in [3.63, 3.8) is 0 Å². The van der Waals surface area contributed by atoms with Gasteiger partial charge in [-0.05, 0) is 69.2 Å². The van der Waals surface area contributed by atoms with Crippen molar-refractivity contribution >= 4 is 39.7 Å². The van der Waals surface area contributed by atoms with Gasteiger partial charge in [0.1, 0.15) is 42.3 Å². The molecule has 276 valence electrons. The Morgan fingerprint density at radius 3 is 2.56 bits per heavy atom. The van der Waals surface area contributed by atoms with Crippen molar-refractivity contribution in [1.82, 2.24) is 30.6 Å². The molecule has 1 unspecified atom stereocenters. The summed E-state index contributed by atoms with van der Waals surface area (Å²) in [6.07, 6.45) is 7.07. The van der Waals surface area contributed by atoms with Gasteiger partial charge in [-0.15, -0.1) is 0 Å². The van der Waals surface area contributed by atoms with Crippen LogP contribution < -0.4 is 25.4 Å². The number of cyclic esters (lactones) is 1. The number of rotatable bonds is 3. The highest BCUT2D eigenvalue weighted by Gasteiger charge is 2.62. The quantitative estimate of drug-likeness (QED) is 0.338. The van der Waals surface area contributed by atoms with Gasteiger partial charge < -0.3 is 30.3 Å². The van der Waals surface area contributed by atoms with Gasteiger partial charge in [-0.25, -0.2) is 18.2 Å². The molecule has 52 heavy (non-hydrogen) atoms. The molecule has 4 heterocycles. The first-order valence-electron chi connectivity index (χ1n) is 17.8. The average Bonchev–Trinajstić information content (AvgIpc) is 4.05. The summed E-state index contributed by atoms with van der Waals surface area (Å²) < 4.78 is 38.9. The Kier molecular flexibility index (Phi) is 9.92. The van der Waals surface area contributed by atoms with Crippen molar-refractivity contribution in [2.45, 2.75) is 86.7 Å². The lowest BCUT2D eigenvalue weighted by Crippen LogP contribution is -2.58. The van der Waals surface area contributed by atoms with Crippen molar-refractivity contribution < 1.29 is 41.9 Å². The fourth-order valence-electron chi connectivity index (χ4n) is 7.11. The number of nitrogens with one attached hydrogen (secondary N) is 4. The number of hydrogen-bond acceptors (Lipinski definition) is 10. The lowest BCUT2D eigenvalue weighted by atomic mass is 10.0. The van der Waals surface area contributed by atoms with Crippen LogP contribution in [0.2, 0.25) is 0 Å². The van der Waals surface area contributed by atoms with Gasteiger partial charge >= 0.3 is 6.09 Å². The monoisotopic (exact) mass is 734 g/mol. The van der Waals surface area contributed by atoms with Crippen LogP contribution in [-0.2, 0) is 29.1 Å². The molecule has 1 saturated heterocycles. The molecule has 15 nitrogen and oxygen atoms in total. The molecule has 3 fully saturated rings. The van der Waals surface area contributed by atoms with E-state index in [-0.39, 0.29) is 44.7 Å². The van der Waals surface area contributed by atoms with Crippen LogP contribution in [-0.4, -0.2) is 96.7 Å². The van der Waals surface area contributed by atoms with Crippen molar-refractivity contribution in [3.8, 4) is 17.0 Å². The number of pyridine rings is 1. The van der Waals surface area contributed by atoms with Crippen LogP contribution in [0, 0.1) is 5.92 Å². The second-order valence-corrected chi connectivity index (χ2v) is 16.0. The maximum atomic E-state index is 14.3. The highest BCUT2D eigenvalue weighted by Crippen LogP contribution is 2.46. The average molecular weight is 735 g/mol. The molecular weight excluding hydrogens is 692 g/mol. The molecule has 4 N–H and O–H groups in total. The van der Waals surface area contributed by atoms with E-state index in [9.17, 15) is 32.4 Å². The van der Waals surface area contributed by atoms with Gasteiger partial charge in [0, 0.05) is 24.1 Å². The first-order chi connectivity index (χ1) is 25.0. The zero-order chi connectivity index (χ0) is 36.5. The standard InChI is InChI=1S/C36H42N6O9S/c43-31-28-13-7-12-27(38-28)22-8-6-10-25(18-22)50-16-17-51-35(47)39-29-11-5-3-1-2-4-9-23-20-36(23,34(46)41-52(48,49)26-14-15-26)40-32(44)30-19-24(37-31)21-42(30)33(29)45/h4,6-10,12-13,18,23-24,26,29-30H,1-3,5,11,14-17,19-21H2,(H,37,43)(H,39,47)(H,40,44)(H,41,46)/t23?,24-,29+,30+,36-/m1/s1. The Balaban J connectivity index is 1.20. The van der Waals surface area contributed by atoms with E-state index in [1.807, 2.05) is 18.2 Å². The first-order valence-corrected chi connectivity index (χ1v) is 19.4. The molecule has 3 aliphatic heterocycles. The second-order valence-electron chi connectivity index (χ2n) is 14.0. The third kappa shape index (κ3) is 7.76. The zero-order valence-corrected chi connectivity index (χ0v) is 29.4. The van der Waals surface area contributed by atoms with Gasteiger partial charge in [0.25, 0.3) is 11.8 Å². The lowest BCUT2D eigenvalue weighted by molar-refractivity contribution is -0.141. The zero-order valence-electron chi connectivity index (χ0n) is 28.5. The van der Waals surface area contributed by atoms with Gasteiger partial charge in [0.15, 0.2) is 0 Å². The number of aromatic nitrogens is 1. The minimum Gasteiger partial charge on any atom is -0.490 e. The molecule has 5 amide bonds. The number of ether oxygens (including phenoxy) is 2. The number of allylic oxidation sites excluding steroid dienone is 1. The first kappa shape index (κ1) is 35.4. The van der Waals surface area contributed by atoms with Gasteiger partial charge in [0.2, 0.25) is 21.8 Å². The molecule has 1 aromatic carbocycles. The van der Waals surface area contributed by atoms with Gasteiger partial charge in [-0.2, -0.15) is 0 Å². The van der Waals surface area contributed by atoms with E-state index >= 15 is 0 Å². The van der Waals surface area contributed by atoms with Crippen LogP contribution >= 0.6 is 0 Å². The van der Waals surface area contributed by atoms with Crippen LogP contribution in [0.25, 0.3) is 11.3 Å². The Labute approximate surface area is 301 Å². The molecule has 7 rings (SSSR count). The van der Waals surface area contributed by atoms with E-state index in [0.29, 0.717) is 42.7 Å². The number of carbonyl (C=O) groups excluding carboxylic acids is 5. The Morgan fingerprint density at radius 1 is 0.942 bits per heavy atom. The summed E-state index contributed by atoms with van der Waals surface area (Å²) in [5.74, 6) is -2.48. The molecule has 1 aromatic heterocycles. The molecule has 2 aromatic rings. The van der Waals surface area contributed by atoms with Crippen LogP contribution in [0.3, 0.4) is 0 Å². The Morgan fingerprint density at radius 2 is 1.73 bits per heavy atom. The number of carbonyl (C=O) groups is 5. The number of alkyl carbamates (subject to hydrolysis) is 1. The lowest BCUT2D eigenvalue weighted by Gasteiger charge is -2.30. The number of amides is 5. The van der Waals surface area contributed by atoms with Crippen LogP contribution in [0.1, 0.15) is 68.3 Å². The van der Waals surface area contributed by atoms with Crippen LogP contribution in [0.15, 0.2) is 54.6 Å². The molecule has 16 heteroatoms. The Hall–Kier alpha value is -4.99. The number of benzene rings is 1. The maximum absolute atomic E-state index is 14.3. The number of nitrogens with zero attached hydrogens (tertiary/aromatic N) is 2. The smallest absolute Gasteiger partial charge is 0.407 e. The van der Waals surface area contributed by atoms with Gasteiger partial charge in [-0.1, -0.05) is 43.2 Å². The summed E-state index contributed by atoms with van der Waals surface area (Å²) in [6, 6.07) is 9.23. The van der Waals surface area contributed by atoms with E-state index < -0.39 is 74.6 Å². The van der Waals surface area contributed by atoms with Gasteiger partial charge in [0.05, 0.1) is 10.9 Å². The fraction of sp³-hybridized carbons (Fsp3) is 0.500. The summed E-state index contributed by atoms with van der Waals surface area (Å²) in [5, 5.41) is 7.78. The van der Waals surface area contributed by atoms with Crippen molar-refractivity contribution in [3.05, 3.63) is 60.3 Å². The summed E-state index contributed by atoms with van der Waals surface area (Å²) in [5.41, 5.74) is -0.188. The van der Waals surface area contributed by atoms with Crippen molar-refractivity contribution in [2.24, 2.45) is 5.92 Å². The summed E-state index contributed by atoms with van der Waals surface area (Å²) in [7, 11) is -3.90. The molecule has 5 aliphatic rings. The fourth-order valence-corrected chi connectivity index (χ4v) is 8.47. The third-order valence-electron chi connectivity index (χ3n) is 10.2. The molecule has 7 bridgehead atoms. The molecule has 5 atom stereocenters. The molecule has 2 aliphatic carbocycles. The normalized spacial score (nSPS) is 28.5. The predicted molar refractivity (Wildman–Crippen MR) is 186 cm³/mol. The van der Waals surface area contributed by atoms with E-state index in [1.54, 1.807) is 36.4 Å². The van der Waals surface area contributed by atoms with E-state index in [2.05, 4.69) is 25.7 Å². The summed E-state index contributed by atoms with van der Waals surface area (Å²) in [4.78, 5) is 74.6. The molecule has 0 radical (unpaired) electrons. The highest BCUT2D eigenvalue weighted by atomic mass is 32.2. The molecule has 0 spiro atoms. The molecular formula is C36H42N6O9S. The highest BCUT2D eigenvalue weighted by molar-refractivity contribution is 7.91. The number of fused-ring (bicyclic) bond motifs is 8. The van der Waals surface area contributed by atoms with Crippen molar-refractivity contribution in [1.29, 1.82) is 0 Å². The van der Waals surface area contributed by atoms with E-state index in [4.69, 9.17) is 9.47 Å². The van der Waals surface area contributed by atoms with E-state index in [0.717, 1.165) is 12.8 Å². The minimum atomic E-state index is -3.90. The second kappa shape index (κ2) is 14.6. The Bertz CT molecular complexity index is 1900. The van der Waals surface area contributed by atoms with Crippen LogP contribution in [0.4, 0.5) is 4.79 Å². The number of hydrogen-bond donors (Lipinski definition) is 4. The largest absolute Gasteiger partial charge is 0.490 e. The van der Waals surface area contributed by atoms with E-state index in [1.165, 1.54) is 4.90 Å². The molecule has 2 saturated carbocycles. The predicted octanol–water partition coefficient (Wildman–Crippen LogP) is 1.94. The van der Waals surface area contributed by atoms with Crippen LogP contribution in [0.5, 0.6) is 5.75 Å². The topological polar surface area (TPSA) is 202 Å². The van der Waals surface area contributed by atoms with Gasteiger partial charge in [-0.3, -0.25) is 23.9 Å². The van der Waals surface area contributed by atoms with Crippen molar-refractivity contribution in [2.75, 3.05) is 19.8 Å². The summed E-state index contributed by atoms with van der Waals surface area (Å²) in [6.45, 7) is -0.134. The SMILES string of the molecule is O=C1N[C@H]2CCCCCC=CC3C[C@@]3(C(=O)NS(=O)(=O)C3CC3)NC(=O)[C@@H]3C[C@H](CN3C2=O)NC(=O)c2cccc(n2)-c2cccc(c2)OCCO1. The summed E-state index contributed by atoms with van der Waals surface area (Å²) >= 11 is 0. The minimum absolute atomic E-state index is 0.00185. The maximum Gasteiger partial charge on any atom is 0.407 e.